The second-order valence-electron chi connectivity index (χ2n) is 5.34. The molecular formula is C16H17N5O. The summed E-state index contributed by atoms with van der Waals surface area (Å²) >= 11 is 0. The van der Waals surface area contributed by atoms with E-state index >= 15 is 0 Å². The summed E-state index contributed by atoms with van der Waals surface area (Å²) in [4.78, 5) is 21.4. The van der Waals surface area contributed by atoms with E-state index in [1.807, 2.05) is 40.0 Å². The molecule has 0 aliphatic rings. The van der Waals surface area contributed by atoms with E-state index < -0.39 is 0 Å². The molecule has 0 aliphatic carbocycles. The highest BCUT2D eigenvalue weighted by Crippen LogP contribution is 2.22. The van der Waals surface area contributed by atoms with E-state index in [1.165, 1.54) is 0 Å². The number of anilines is 1. The normalized spacial score (nSPS) is 10.9. The van der Waals surface area contributed by atoms with Crippen molar-refractivity contribution in [2.24, 2.45) is 7.05 Å². The van der Waals surface area contributed by atoms with Gasteiger partial charge in [-0.15, -0.1) is 0 Å². The van der Waals surface area contributed by atoms with Gasteiger partial charge in [0.15, 0.2) is 5.65 Å². The van der Waals surface area contributed by atoms with Crippen LogP contribution in [0.1, 0.15) is 27.4 Å². The number of carbonyl (C=O) groups is 1. The van der Waals surface area contributed by atoms with Crippen LogP contribution in [0.2, 0.25) is 0 Å². The van der Waals surface area contributed by atoms with Gasteiger partial charge in [-0.25, -0.2) is 9.97 Å². The molecule has 0 aliphatic heterocycles. The molecule has 0 spiro atoms. The Bertz CT molecular complexity index is 882. The summed E-state index contributed by atoms with van der Waals surface area (Å²) in [7, 11) is 1.82. The van der Waals surface area contributed by atoms with Crippen LogP contribution in [-0.2, 0) is 7.05 Å². The van der Waals surface area contributed by atoms with Crippen LogP contribution in [0.25, 0.3) is 11.0 Å². The molecule has 1 amide bonds. The molecule has 0 saturated carbocycles. The summed E-state index contributed by atoms with van der Waals surface area (Å²) in [5.74, 6) is 0.332. The van der Waals surface area contributed by atoms with Crippen molar-refractivity contribution >= 4 is 22.8 Å². The number of carbonyl (C=O) groups excluding carboxylic acids is 1. The number of nitrogens with one attached hydrogen (secondary N) is 1. The Morgan fingerprint density at radius 1 is 1.14 bits per heavy atom. The first-order chi connectivity index (χ1) is 10.5. The number of pyridine rings is 2. The predicted molar refractivity (Wildman–Crippen MR) is 84.9 cm³/mol. The van der Waals surface area contributed by atoms with Crippen molar-refractivity contribution in [3.8, 4) is 0 Å². The van der Waals surface area contributed by atoms with Crippen molar-refractivity contribution in [3.05, 3.63) is 46.9 Å². The van der Waals surface area contributed by atoms with E-state index in [0.29, 0.717) is 17.0 Å². The summed E-state index contributed by atoms with van der Waals surface area (Å²) < 4.78 is 1.69. The van der Waals surface area contributed by atoms with Crippen molar-refractivity contribution in [2.75, 3.05) is 5.32 Å². The third-order valence-electron chi connectivity index (χ3n) is 3.47. The van der Waals surface area contributed by atoms with E-state index in [0.717, 1.165) is 22.5 Å². The average Bonchev–Trinajstić information content (AvgIpc) is 2.73. The minimum Gasteiger partial charge on any atom is -0.307 e. The maximum Gasteiger partial charge on any atom is 0.257 e. The van der Waals surface area contributed by atoms with Crippen molar-refractivity contribution in [3.63, 3.8) is 0 Å². The zero-order chi connectivity index (χ0) is 15.9. The second kappa shape index (κ2) is 5.22. The predicted octanol–water partition coefficient (Wildman–Crippen LogP) is 2.54. The van der Waals surface area contributed by atoms with Gasteiger partial charge in [-0.2, -0.15) is 5.10 Å². The fraction of sp³-hybridized carbons (Fsp3) is 0.250. The quantitative estimate of drug-likeness (QED) is 0.788. The van der Waals surface area contributed by atoms with Gasteiger partial charge in [0.25, 0.3) is 5.91 Å². The van der Waals surface area contributed by atoms with E-state index in [-0.39, 0.29) is 5.91 Å². The zero-order valence-corrected chi connectivity index (χ0v) is 13.0. The lowest BCUT2D eigenvalue weighted by atomic mass is 10.1. The standard InChI is InChI=1S/C16H17N5O/c1-9-6-5-7-13(17-9)19-16(22)12-8-10(2)18-15-14(12)11(3)20-21(15)4/h5-8H,1-4H3,(H,17,19,22). The first-order valence-electron chi connectivity index (χ1n) is 7.01. The molecule has 3 aromatic rings. The van der Waals surface area contributed by atoms with Crippen LogP contribution in [0, 0.1) is 20.8 Å². The second-order valence-corrected chi connectivity index (χ2v) is 5.34. The molecule has 6 nitrogen and oxygen atoms in total. The van der Waals surface area contributed by atoms with Gasteiger partial charge in [0.2, 0.25) is 0 Å². The molecule has 0 radical (unpaired) electrons. The van der Waals surface area contributed by atoms with Gasteiger partial charge in [0.1, 0.15) is 5.82 Å². The fourth-order valence-corrected chi connectivity index (χ4v) is 2.55. The summed E-state index contributed by atoms with van der Waals surface area (Å²) in [6, 6.07) is 7.30. The van der Waals surface area contributed by atoms with Gasteiger partial charge in [-0.05, 0) is 39.0 Å². The van der Waals surface area contributed by atoms with Crippen LogP contribution in [0.3, 0.4) is 0 Å². The Kier molecular flexibility index (Phi) is 3.36. The lowest BCUT2D eigenvalue weighted by molar-refractivity contribution is 0.102. The highest BCUT2D eigenvalue weighted by atomic mass is 16.1. The maximum absolute atomic E-state index is 12.6. The Morgan fingerprint density at radius 2 is 1.91 bits per heavy atom. The van der Waals surface area contributed by atoms with Gasteiger partial charge >= 0.3 is 0 Å². The topological polar surface area (TPSA) is 72.7 Å². The van der Waals surface area contributed by atoms with Crippen LogP contribution < -0.4 is 5.32 Å². The third-order valence-corrected chi connectivity index (χ3v) is 3.47. The molecule has 3 aromatic heterocycles. The minimum atomic E-state index is -0.204. The van der Waals surface area contributed by atoms with E-state index in [9.17, 15) is 4.79 Å². The molecule has 22 heavy (non-hydrogen) atoms. The van der Waals surface area contributed by atoms with Crippen LogP contribution in [0.4, 0.5) is 5.82 Å². The summed E-state index contributed by atoms with van der Waals surface area (Å²) in [6.07, 6.45) is 0. The van der Waals surface area contributed by atoms with Crippen LogP contribution in [-0.4, -0.2) is 25.7 Å². The Labute approximate surface area is 128 Å². The number of fused-ring (bicyclic) bond motifs is 1. The number of aryl methyl sites for hydroxylation is 4. The molecular weight excluding hydrogens is 278 g/mol. The van der Waals surface area contributed by atoms with Gasteiger partial charge in [-0.3, -0.25) is 9.48 Å². The molecule has 0 fully saturated rings. The molecule has 0 aromatic carbocycles. The Morgan fingerprint density at radius 3 is 2.64 bits per heavy atom. The van der Waals surface area contributed by atoms with Gasteiger partial charge in [0.05, 0.1) is 16.6 Å². The Hall–Kier alpha value is -2.76. The molecule has 0 atom stereocenters. The zero-order valence-electron chi connectivity index (χ0n) is 13.0. The highest BCUT2D eigenvalue weighted by molar-refractivity contribution is 6.12. The average molecular weight is 295 g/mol. The largest absolute Gasteiger partial charge is 0.307 e. The maximum atomic E-state index is 12.6. The Balaban J connectivity index is 2.07. The van der Waals surface area contributed by atoms with E-state index in [2.05, 4.69) is 20.4 Å². The molecule has 0 bridgehead atoms. The van der Waals surface area contributed by atoms with Gasteiger partial charge < -0.3 is 5.32 Å². The number of amides is 1. The van der Waals surface area contributed by atoms with Gasteiger partial charge in [0, 0.05) is 18.4 Å². The first-order valence-corrected chi connectivity index (χ1v) is 7.01. The number of aromatic nitrogens is 4. The van der Waals surface area contributed by atoms with Gasteiger partial charge in [-0.1, -0.05) is 6.07 Å². The molecule has 0 unspecified atom stereocenters. The van der Waals surface area contributed by atoms with Crippen LogP contribution >= 0.6 is 0 Å². The van der Waals surface area contributed by atoms with Crippen molar-refractivity contribution < 1.29 is 4.79 Å². The third kappa shape index (κ3) is 2.43. The smallest absolute Gasteiger partial charge is 0.257 e. The van der Waals surface area contributed by atoms with Crippen LogP contribution in [0.5, 0.6) is 0 Å². The van der Waals surface area contributed by atoms with Crippen LogP contribution in [0.15, 0.2) is 24.3 Å². The van der Waals surface area contributed by atoms with E-state index in [1.54, 1.807) is 16.8 Å². The van der Waals surface area contributed by atoms with Crippen molar-refractivity contribution in [2.45, 2.75) is 20.8 Å². The monoisotopic (exact) mass is 295 g/mol. The molecule has 3 rings (SSSR count). The summed E-state index contributed by atoms with van der Waals surface area (Å²) in [5, 5.41) is 7.97. The number of hydrogen-bond acceptors (Lipinski definition) is 4. The fourth-order valence-electron chi connectivity index (χ4n) is 2.55. The van der Waals surface area contributed by atoms with Crippen molar-refractivity contribution in [1.29, 1.82) is 0 Å². The number of rotatable bonds is 2. The molecule has 0 saturated heterocycles. The minimum absolute atomic E-state index is 0.204. The SMILES string of the molecule is Cc1cccc(NC(=O)c2cc(C)nc3c2c(C)nn3C)n1. The molecule has 112 valence electrons. The number of nitrogens with zero attached hydrogens (tertiary/aromatic N) is 4. The first kappa shape index (κ1) is 14.2. The molecule has 1 N–H and O–H groups in total. The summed E-state index contributed by atoms with van der Waals surface area (Å²) in [5.41, 5.74) is 3.69. The lowest BCUT2D eigenvalue weighted by Crippen LogP contribution is -2.14. The molecule has 3 heterocycles. The van der Waals surface area contributed by atoms with E-state index in [4.69, 9.17) is 0 Å². The number of hydrogen-bond donors (Lipinski definition) is 1. The highest BCUT2D eigenvalue weighted by Gasteiger charge is 2.18. The summed E-state index contributed by atoms with van der Waals surface area (Å²) in [6.45, 7) is 5.63. The van der Waals surface area contributed by atoms with Crippen molar-refractivity contribution in [1.82, 2.24) is 19.7 Å². The lowest BCUT2D eigenvalue weighted by Gasteiger charge is -2.07. The molecule has 6 heteroatoms.